The zero-order chi connectivity index (χ0) is 18.8. The third kappa shape index (κ3) is 4.71. The number of sulfonamides is 1. The minimum Gasteiger partial charge on any atom is -0.480 e. The van der Waals surface area contributed by atoms with Gasteiger partial charge in [-0.25, -0.2) is 13.1 Å². The molecule has 1 fully saturated rings. The van der Waals surface area contributed by atoms with Gasteiger partial charge in [0, 0.05) is 31.9 Å². The molecule has 0 spiro atoms. The van der Waals surface area contributed by atoms with Gasteiger partial charge in [0.05, 0.1) is 11.4 Å². The molecule has 0 heterocycles. The molecular formula is C17H27N3O4S. The second-order valence-corrected chi connectivity index (χ2v) is 8.46. The molecule has 0 bridgehead atoms. The number of aliphatic carboxylic acids is 1. The smallest absolute Gasteiger partial charge is 0.317 e. The van der Waals surface area contributed by atoms with E-state index in [0.717, 1.165) is 11.3 Å². The summed E-state index contributed by atoms with van der Waals surface area (Å²) in [6.45, 7) is 4.48. The molecule has 0 radical (unpaired) electrons. The van der Waals surface area contributed by atoms with Crippen LogP contribution in [0.4, 0.5) is 5.69 Å². The SMILES string of the molecule is CCN(CC(=O)O)C1CC(NS(=O)(=O)c2ccc(C)c(N(C)C)c2)C1. The number of nitrogens with zero attached hydrogens (tertiary/aromatic N) is 2. The number of carbonyl (C=O) groups is 1. The van der Waals surface area contributed by atoms with E-state index in [1.807, 2.05) is 37.7 Å². The molecular weight excluding hydrogens is 342 g/mol. The third-order valence-corrected chi connectivity index (χ3v) is 6.19. The molecule has 2 N–H and O–H groups in total. The number of anilines is 1. The van der Waals surface area contributed by atoms with Crippen molar-refractivity contribution < 1.29 is 18.3 Å². The minimum absolute atomic E-state index is 0.00913. The Morgan fingerprint density at radius 1 is 1.32 bits per heavy atom. The highest BCUT2D eigenvalue weighted by Gasteiger charge is 2.36. The molecule has 0 aliphatic heterocycles. The van der Waals surface area contributed by atoms with Gasteiger partial charge < -0.3 is 10.0 Å². The van der Waals surface area contributed by atoms with Crippen LogP contribution in [0.3, 0.4) is 0 Å². The van der Waals surface area contributed by atoms with Crippen molar-refractivity contribution in [3.05, 3.63) is 23.8 Å². The Kier molecular flexibility index (Phi) is 6.08. The lowest BCUT2D eigenvalue weighted by atomic mass is 9.86. The van der Waals surface area contributed by atoms with E-state index in [9.17, 15) is 13.2 Å². The van der Waals surface area contributed by atoms with Gasteiger partial charge in [0.25, 0.3) is 0 Å². The van der Waals surface area contributed by atoms with Gasteiger partial charge in [-0.2, -0.15) is 0 Å². The molecule has 1 saturated carbocycles. The average molecular weight is 369 g/mol. The number of likely N-dealkylation sites (N-methyl/N-ethyl adjacent to an activating group) is 1. The van der Waals surface area contributed by atoms with Gasteiger partial charge in [-0.1, -0.05) is 13.0 Å². The predicted octanol–water partition coefficient (Wildman–Crippen LogP) is 1.28. The Labute approximate surface area is 149 Å². The van der Waals surface area contributed by atoms with Crippen molar-refractivity contribution in [1.29, 1.82) is 0 Å². The first-order valence-corrected chi connectivity index (χ1v) is 9.88. The first-order chi connectivity index (χ1) is 11.6. The monoisotopic (exact) mass is 369 g/mol. The van der Waals surface area contributed by atoms with Crippen molar-refractivity contribution >= 4 is 21.7 Å². The van der Waals surface area contributed by atoms with Gasteiger partial charge in [0.15, 0.2) is 0 Å². The lowest BCUT2D eigenvalue weighted by Crippen LogP contribution is -2.54. The fourth-order valence-corrected chi connectivity index (χ4v) is 4.46. The summed E-state index contributed by atoms with van der Waals surface area (Å²) in [7, 11) is 0.175. The van der Waals surface area contributed by atoms with Crippen molar-refractivity contribution in [2.75, 3.05) is 32.1 Å². The van der Waals surface area contributed by atoms with Crippen LogP contribution in [0.25, 0.3) is 0 Å². The van der Waals surface area contributed by atoms with Crippen molar-refractivity contribution in [3.8, 4) is 0 Å². The number of carboxylic acids is 1. The number of rotatable bonds is 8. The molecule has 0 aromatic heterocycles. The van der Waals surface area contributed by atoms with Crippen LogP contribution in [0, 0.1) is 6.92 Å². The summed E-state index contributed by atoms with van der Waals surface area (Å²) in [4.78, 5) is 14.9. The fraction of sp³-hybridized carbons (Fsp3) is 0.588. The Morgan fingerprint density at radius 2 is 1.96 bits per heavy atom. The first-order valence-electron chi connectivity index (χ1n) is 8.40. The summed E-state index contributed by atoms with van der Waals surface area (Å²) >= 11 is 0. The van der Waals surface area contributed by atoms with E-state index in [2.05, 4.69) is 4.72 Å². The standard InChI is InChI=1S/C17H27N3O4S/c1-5-20(11-17(21)22)14-8-13(9-14)18-25(23,24)15-7-6-12(2)16(10-15)19(3)4/h6-7,10,13-14,18H,5,8-9,11H2,1-4H3,(H,21,22). The van der Waals surface area contributed by atoms with E-state index < -0.39 is 16.0 Å². The van der Waals surface area contributed by atoms with Crippen molar-refractivity contribution in [1.82, 2.24) is 9.62 Å². The minimum atomic E-state index is -3.58. The van der Waals surface area contributed by atoms with Crippen molar-refractivity contribution in [3.63, 3.8) is 0 Å². The highest BCUT2D eigenvalue weighted by molar-refractivity contribution is 7.89. The predicted molar refractivity (Wildman–Crippen MR) is 97.5 cm³/mol. The molecule has 0 saturated heterocycles. The van der Waals surface area contributed by atoms with Crippen LogP contribution >= 0.6 is 0 Å². The molecule has 1 aliphatic carbocycles. The quantitative estimate of drug-likeness (QED) is 0.717. The molecule has 140 valence electrons. The van der Waals surface area contributed by atoms with Gasteiger partial charge >= 0.3 is 5.97 Å². The highest BCUT2D eigenvalue weighted by Crippen LogP contribution is 2.28. The van der Waals surface area contributed by atoms with Crippen molar-refractivity contribution in [2.45, 2.75) is 43.7 Å². The first kappa shape index (κ1) is 19.7. The molecule has 0 amide bonds. The Bertz CT molecular complexity index is 727. The lowest BCUT2D eigenvalue weighted by Gasteiger charge is -2.42. The Hall–Kier alpha value is -1.64. The number of carboxylic acid groups (broad SMARTS) is 1. The van der Waals surface area contributed by atoms with Crippen LogP contribution in [0.2, 0.25) is 0 Å². The zero-order valence-electron chi connectivity index (χ0n) is 15.2. The van der Waals surface area contributed by atoms with Crippen LogP contribution in [-0.2, 0) is 14.8 Å². The number of benzene rings is 1. The molecule has 25 heavy (non-hydrogen) atoms. The van der Waals surface area contributed by atoms with Crippen LogP contribution < -0.4 is 9.62 Å². The molecule has 0 atom stereocenters. The van der Waals surface area contributed by atoms with Crippen LogP contribution in [-0.4, -0.2) is 63.7 Å². The van der Waals surface area contributed by atoms with Gasteiger partial charge in [-0.05, 0) is 44.0 Å². The van der Waals surface area contributed by atoms with E-state index in [1.54, 1.807) is 18.2 Å². The molecule has 7 nitrogen and oxygen atoms in total. The van der Waals surface area contributed by atoms with E-state index >= 15 is 0 Å². The highest BCUT2D eigenvalue weighted by atomic mass is 32.2. The van der Waals surface area contributed by atoms with Crippen molar-refractivity contribution in [2.24, 2.45) is 0 Å². The second kappa shape index (κ2) is 7.72. The maximum atomic E-state index is 12.6. The molecule has 2 rings (SSSR count). The number of hydrogen-bond donors (Lipinski definition) is 2. The number of hydrogen-bond acceptors (Lipinski definition) is 5. The molecule has 1 aliphatic rings. The summed E-state index contributed by atoms with van der Waals surface area (Å²) < 4.78 is 28.0. The summed E-state index contributed by atoms with van der Waals surface area (Å²) in [5, 5.41) is 8.92. The van der Waals surface area contributed by atoms with E-state index in [4.69, 9.17) is 5.11 Å². The average Bonchev–Trinajstić information content (AvgIpc) is 2.48. The van der Waals surface area contributed by atoms with Gasteiger partial charge in [-0.15, -0.1) is 0 Å². The van der Waals surface area contributed by atoms with Gasteiger partial charge in [0.2, 0.25) is 10.0 Å². The topological polar surface area (TPSA) is 90.0 Å². The maximum absolute atomic E-state index is 12.6. The third-order valence-electron chi connectivity index (χ3n) is 4.67. The second-order valence-electron chi connectivity index (χ2n) is 6.74. The molecule has 1 aromatic rings. The van der Waals surface area contributed by atoms with E-state index in [1.165, 1.54) is 0 Å². The maximum Gasteiger partial charge on any atom is 0.317 e. The van der Waals surface area contributed by atoms with Gasteiger partial charge in [-0.3, -0.25) is 9.69 Å². The fourth-order valence-electron chi connectivity index (χ4n) is 3.18. The lowest BCUT2D eigenvalue weighted by molar-refractivity contribution is -0.139. The molecule has 0 unspecified atom stereocenters. The van der Waals surface area contributed by atoms with E-state index in [0.29, 0.717) is 19.4 Å². The van der Waals surface area contributed by atoms with Crippen LogP contribution in [0.1, 0.15) is 25.3 Å². The summed E-state index contributed by atoms with van der Waals surface area (Å²) in [6.07, 6.45) is 1.26. The number of aryl methyl sites for hydroxylation is 1. The number of nitrogens with one attached hydrogen (secondary N) is 1. The zero-order valence-corrected chi connectivity index (χ0v) is 16.0. The molecule has 1 aromatic carbocycles. The van der Waals surface area contributed by atoms with E-state index in [-0.39, 0.29) is 23.5 Å². The largest absolute Gasteiger partial charge is 0.480 e. The Balaban J connectivity index is 2.02. The van der Waals surface area contributed by atoms with Crippen LogP contribution in [0.15, 0.2) is 23.1 Å². The summed E-state index contributed by atoms with van der Waals surface area (Å²) in [5.74, 6) is -0.859. The summed E-state index contributed by atoms with van der Waals surface area (Å²) in [6, 6.07) is 5.06. The molecule has 8 heteroatoms. The normalized spacial score (nSPS) is 20.4. The van der Waals surface area contributed by atoms with Crippen LogP contribution in [0.5, 0.6) is 0 Å². The summed E-state index contributed by atoms with van der Waals surface area (Å²) in [5.41, 5.74) is 1.88. The Morgan fingerprint density at radius 3 is 2.48 bits per heavy atom. The van der Waals surface area contributed by atoms with Gasteiger partial charge in [0.1, 0.15) is 0 Å².